The number of nitrogens with two attached hydrogens (primary N) is 1. The number of rotatable bonds is 11. The predicted molar refractivity (Wildman–Crippen MR) is 222 cm³/mol. The number of hydrogen-bond donors (Lipinski definition) is 3. The van der Waals surface area contributed by atoms with E-state index in [-0.39, 0.29) is 24.1 Å². The van der Waals surface area contributed by atoms with Gasteiger partial charge in [-0.3, -0.25) is 19.2 Å². The largest absolute Gasteiger partial charge is 0.458 e. The van der Waals surface area contributed by atoms with Gasteiger partial charge < -0.3 is 44.7 Å². The zero-order valence-electron chi connectivity index (χ0n) is 36.9. The van der Waals surface area contributed by atoms with E-state index in [1.165, 1.54) is 6.92 Å². The van der Waals surface area contributed by atoms with Crippen LogP contribution >= 0.6 is 0 Å². The number of ketones is 1. The molecule has 1 aromatic carbocycles. The van der Waals surface area contributed by atoms with Crippen LogP contribution < -0.4 is 11.1 Å². The normalized spacial score (nSPS) is 36.5. The van der Waals surface area contributed by atoms with Gasteiger partial charge >= 0.3 is 12.1 Å². The summed E-state index contributed by atoms with van der Waals surface area (Å²) in [4.78, 5) is 45.9. The summed E-state index contributed by atoms with van der Waals surface area (Å²) in [6, 6.07) is 6.46. The number of nitrogen functional groups attached to an aromatic ring is 1. The van der Waals surface area contributed by atoms with Gasteiger partial charge in [0.1, 0.15) is 23.8 Å². The fourth-order valence-corrected chi connectivity index (χ4v) is 9.45. The van der Waals surface area contributed by atoms with E-state index in [0.29, 0.717) is 57.4 Å². The van der Waals surface area contributed by atoms with E-state index < -0.39 is 71.5 Å². The molecule has 0 spiro atoms. The minimum absolute atomic E-state index is 0.0125. The van der Waals surface area contributed by atoms with Crippen molar-refractivity contribution < 1.29 is 43.2 Å². The molecular weight excluding hydrogens is 759 g/mol. The number of methoxy groups -OCH3 is 1. The summed E-state index contributed by atoms with van der Waals surface area (Å²) in [6.45, 7) is 16.4. The SMILES string of the molecule is CC[C@H]1OC(=O)[C@H](C)C(=O)[C@@H](C)[C@@H](O[C@@H]2O[C@H](C)CC(N(C)C)C2O)[C@](C)(OC)C[C@@H](C)CN[C@H](C)[C@H]2N(CCCCn3cc(-c4cccc(N)c4)nn3)C(=O)O[C@]12C. The fourth-order valence-electron chi connectivity index (χ4n) is 9.45. The van der Waals surface area contributed by atoms with Crippen molar-refractivity contribution in [2.45, 2.75) is 154 Å². The number of amides is 1. The molecule has 4 heterocycles. The van der Waals surface area contributed by atoms with Crippen LogP contribution in [-0.4, -0.2) is 142 Å². The lowest BCUT2D eigenvalue weighted by Gasteiger charge is -2.46. The molecule has 3 saturated heterocycles. The van der Waals surface area contributed by atoms with E-state index in [9.17, 15) is 19.5 Å². The van der Waals surface area contributed by atoms with Crippen LogP contribution in [-0.2, 0) is 39.8 Å². The van der Waals surface area contributed by atoms with E-state index in [0.717, 1.165) is 11.3 Å². The third-order valence-electron chi connectivity index (χ3n) is 12.8. The van der Waals surface area contributed by atoms with E-state index in [1.807, 2.05) is 84.1 Å². The lowest BCUT2D eigenvalue weighted by Crippen LogP contribution is -2.61. The highest BCUT2D eigenvalue weighted by molar-refractivity contribution is 6.00. The molecule has 2 unspecified atom stereocenters. The second kappa shape index (κ2) is 19.4. The number of hydrogen-bond acceptors (Lipinski definition) is 14. The Morgan fingerprint density at radius 2 is 1.80 bits per heavy atom. The fraction of sp³-hybridized carbons (Fsp3) is 0.744. The lowest BCUT2D eigenvalue weighted by molar-refractivity contribution is -0.295. The summed E-state index contributed by atoms with van der Waals surface area (Å²) >= 11 is 0. The number of cyclic esters (lactones) is 1. The maximum absolute atomic E-state index is 14.4. The highest BCUT2D eigenvalue weighted by atomic mass is 16.7. The number of aliphatic hydroxyl groups excluding tert-OH is 1. The van der Waals surface area contributed by atoms with Crippen molar-refractivity contribution in [3.8, 4) is 11.3 Å². The van der Waals surface area contributed by atoms with Gasteiger partial charge in [0.2, 0.25) is 0 Å². The van der Waals surface area contributed by atoms with Gasteiger partial charge in [-0.05, 0) is 105 Å². The van der Waals surface area contributed by atoms with E-state index in [4.69, 9.17) is 29.4 Å². The molecule has 3 aliphatic heterocycles. The van der Waals surface area contributed by atoms with Gasteiger partial charge in [-0.1, -0.05) is 38.1 Å². The number of nitrogens with one attached hydrogen (secondary N) is 1. The number of aliphatic hydroxyl groups is 1. The van der Waals surface area contributed by atoms with Crippen molar-refractivity contribution in [2.24, 2.45) is 17.8 Å². The Bertz CT molecular complexity index is 1740. The smallest absolute Gasteiger partial charge is 0.410 e. The van der Waals surface area contributed by atoms with Gasteiger partial charge in [0.15, 0.2) is 17.7 Å². The van der Waals surface area contributed by atoms with Crippen LogP contribution in [0.4, 0.5) is 10.5 Å². The van der Waals surface area contributed by atoms with Crippen molar-refractivity contribution in [1.82, 2.24) is 30.1 Å². The second-order valence-electron chi connectivity index (χ2n) is 17.8. The molecule has 330 valence electrons. The van der Waals surface area contributed by atoms with E-state index in [2.05, 4.69) is 22.6 Å². The molecule has 3 aliphatic rings. The van der Waals surface area contributed by atoms with E-state index >= 15 is 0 Å². The van der Waals surface area contributed by atoms with Crippen molar-refractivity contribution >= 4 is 23.5 Å². The number of aromatic nitrogens is 3. The average Bonchev–Trinajstić information content (AvgIpc) is 3.77. The highest BCUT2D eigenvalue weighted by Gasteiger charge is 2.58. The monoisotopic (exact) mass is 828 g/mol. The van der Waals surface area contributed by atoms with Crippen LogP contribution in [0.15, 0.2) is 30.5 Å². The number of nitrogens with zero attached hydrogens (tertiary/aromatic N) is 5. The second-order valence-corrected chi connectivity index (χ2v) is 17.8. The van der Waals surface area contributed by atoms with Crippen LogP contribution in [0, 0.1) is 17.8 Å². The number of ether oxygens (including phenoxy) is 5. The molecule has 1 amide bonds. The van der Waals surface area contributed by atoms with Crippen molar-refractivity contribution in [3.05, 3.63) is 30.5 Å². The number of Topliss-reactive ketones (excluding diaryl/α,β-unsaturated/α-hetero) is 1. The zero-order chi connectivity index (χ0) is 43.4. The van der Waals surface area contributed by atoms with Crippen LogP contribution in [0.2, 0.25) is 0 Å². The van der Waals surface area contributed by atoms with Gasteiger partial charge in [-0.2, -0.15) is 0 Å². The molecule has 59 heavy (non-hydrogen) atoms. The average molecular weight is 828 g/mol. The minimum atomic E-state index is -1.23. The summed E-state index contributed by atoms with van der Waals surface area (Å²) in [6.07, 6.45) is 0.194. The van der Waals surface area contributed by atoms with Gasteiger partial charge in [0.05, 0.1) is 30.0 Å². The number of unbranched alkanes of at least 4 members (excludes halogenated alkanes) is 1. The molecule has 13 atom stereocenters. The molecular formula is C43H69N7O9. The molecule has 1 aromatic heterocycles. The summed E-state index contributed by atoms with van der Waals surface area (Å²) in [7, 11) is 5.39. The minimum Gasteiger partial charge on any atom is -0.458 e. The van der Waals surface area contributed by atoms with Gasteiger partial charge in [0.25, 0.3) is 0 Å². The molecule has 0 saturated carbocycles. The van der Waals surface area contributed by atoms with Crippen LogP contribution in [0.25, 0.3) is 11.3 Å². The molecule has 0 bridgehead atoms. The summed E-state index contributed by atoms with van der Waals surface area (Å²) in [5.74, 6) is -3.16. The highest BCUT2D eigenvalue weighted by Crippen LogP contribution is 2.40. The number of benzene rings is 1. The van der Waals surface area contributed by atoms with Crippen LogP contribution in [0.3, 0.4) is 0 Å². The number of carbonyl (C=O) groups excluding carboxylic acids is 3. The Kier molecular flexibility index (Phi) is 15.2. The van der Waals surface area contributed by atoms with Crippen molar-refractivity contribution in [1.29, 1.82) is 0 Å². The van der Waals surface area contributed by atoms with Crippen LogP contribution in [0.1, 0.15) is 87.5 Å². The van der Waals surface area contributed by atoms with Gasteiger partial charge in [0, 0.05) is 49.5 Å². The first-order chi connectivity index (χ1) is 27.8. The molecule has 0 radical (unpaired) electrons. The molecule has 5 rings (SSSR count). The van der Waals surface area contributed by atoms with Crippen molar-refractivity contribution in [3.63, 3.8) is 0 Å². The van der Waals surface area contributed by atoms with Gasteiger partial charge in [-0.15, -0.1) is 5.10 Å². The third kappa shape index (κ3) is 10.3. The Labute approximate surface area is 349 Å². The molecule has 3 fully saturated rings. The number of likely N-dealkylation sites (N-methyl/N-ethyl adjacent to an activating group) is 1. The standard InChI is InChI=1S/C43H69N7O9/c1-12-34-43(8)37(50(41(54)59-43)19-14-13-18-49-24-32(46-47-49)30-16-15-17-31(44)21-30)29(6)45-23-25(2)22-42(7,55-11)38(27(4)35(51)28(5)39(53)57-34)58-40-36(52)33(48(9)10)20-26(3)56-40/h15-17,21,24-29,33-34,36-38,40,45,52H,12-14,18-20,22-23,44H2,1-11H3/t25-,26-,27-,28-,29-,33?,34-,36?,37-,38-,40+,42-,43-/m1/s1. The molecule has 4 N–H and O–H groups in total. The Morgan fingerprint density at radius 1 is 1.08 bits per heavy atom. The number of anilines is 1. The number of aryl methyl sites for hydroxylation is 1. The first-order valence-corrected chi connectivity index (χ1v) is 21.3. The topological polar surface area (TPSA) is 193 Å². The Hall–Kier alpha value is -3.67. The summed E-state index contributed by atoms with van der Waals surface area (Å²) < 4.78 is 33.3. The van der Waals surface area contributed by atoms with Crippen molar-refractivity contribution in [2.75, 3.05) is 40.0 Å². The maximum atomic E-state index is 14.4. The first kappa shape index (κ1) is 46.4. The quantitative estimate of drug-likeness (QED) is 0.126. The number of carbonyl (C=O) groups is 3. The van der Waals surface area contributed by atoms with Gasteiger partial charge in [-0.25, -0.2) is 4.79 Å². The first-order valence-electron chi connectivity index (χ1n) is 21.3. The molecule has 0 aliphatic carbocycles. The summed E-state index contributed by atoms with van der Waals surface area (Å²) in [5.41, 5.74) is 5.95. The van der Waals surface area contributed by atoms with E-state index in [1.54, 1.807) is 23.6 Å². The predicted octanol–water partition coefficient (Wildman–Crippen LogP) is 4.28. The zero-order valence-corrected chi connectivity index (χ0v) is 36.9. The number of esters is 1. The summed E-state index contributed by atoms with van der Waals surface area (Å²) in [5, 5.41) is 23.7. The Balaban J connectivity index is 1.38. The lowest BCUT2D eigenvalue weighted by atomic mass is 9.78. The van der Waals surface area contributed by atoms with Crippen LogP contribution in [0.5, 0.6) is 0 Å². The number of fused-ring (bicyclic) bond motifs is 1. The maximum Gasteiger partial charge on any atom is 0.410 e. The molecule has 2 aromatic rings. The Morgan fingerprint density at radius 3 is 2.46 bits per heavy atom. The molecule has 16 nitrogen and oxygen atoms in total. The third-order valence-corrected chi connectivity index (χ3v) is 12.8. The molecule has 16 heteroatoms.